The number of rotatable bonds is 6. The molecule has 0 saturated carbocycles. The van der Waals surface area contributed by atoms with Crippen LogP contribution in [0.1, 0.15) is 15.9 Å². The number of carbonyl (C=O) groups is 1. The predicted molar refractivity (Wildman–Crippen MR) is 92.6 cm³/mol. The summed E-state index contributed by atoms with van der Waals surface area (Å²) in [5.74, 6) is 0.697. The van der Waals surface area contributed by atoms with Crippen LogP contribution in [0.15, 0.2) is 67.0 Å². The molecule has 0 aliphatic heterocycles. The minimum Gasteiger partial charge on any atom is -0.492 e. The van der Waals surface area contributed by atoms with Crippen molar-refractivity contribution in [2.45, 2.75) is 6.92 Å². The van der Waals surface area contributed by atoms with Crippen molar-refractivity contribution in [3.63, 3.8) is 0 Å². The molecule has 0 aliphatic rings. The van der Waals surface area contributed by atoms with E-state index in [1.54, 1.807) is 23.0 Å². The molecule has 0 radical (unpaired) electrons. The summed E-state index contributed by atoms with van der Waals surface area (Å²) in [6.45, 7) is 2.90. The van der Waals surface area contributed by atoms with Gasteiger partial charge in [0.2, 0.25) is 0 Å². The van der Waals surface area contributed by atoms with Gasteiger partial charge in [-0.2, -0.15) is 5.10 Å². The SMILES string of the molecule is Cc1cccc(OCCNC(=O)c2ccc(-n3cccn3)cc2)c1. The Balaban J connectivity index is 1.48. The van der Waals surface area contributed by atoms with E-state index < -0.39 is 0 Å². The third-order valence-electron chi connectivity index (χ3n) is 3.54. The topological polar surface area (TPSA) is 56.1 Å². The molecule has 0 saturated heterocycles. The summed E-state index contributed by atoms with van der Waals surface area (Å²) in [7, 11) is 0. The molecule has 0 aliphatic carbocycles. The molecule has 1 amide bonds. The van der Waals surface area contributed by atoms with Crippen molar-refractivity contribution in [3.8, 4) is 11.4 Å². The lowest BCUT2D eigenvalue weighted by molar-refractivity contribution is 0.0947. The molecule has 0 fully saturated rings. The van der Waals surface area contributed by atoms with Crippen LogP contribution in [0.2, 0.25) is 0 Å². The molecule has 122 valence electrons. The Labute approximate surface area is 140 Å². The second-order valence-corrected chi connectivity index (χ2v) is 5.42. The molecular weight excluding hydrogens is 302 g/mol. The van der Waals surface area contributed by atoms with E-state index in [4.69, 9.17) is 4.74 Å². The van der Waals surface area contributed by atoms with E-state index in [1.165, 1.54) is 0 Å². The Bertz CT molecular complexity index is 796. The molecule has 1 N–H and O–H groups in total. The van der Waals surface area contributed by atoms with Gasteiger partial charge in [-0.25, -0.2) is 4.68 Å². The van der Waals surface area contributed by atoms with Gasteiger partial charge < -0.3 is 10.1 Å². The first-order valence-electron chi connectivity index (χ1n) is 7.80. The summed E-state index contributed by atoms with van der Waals surface area (Å²) < 4.78 is 7.36. The van der Waals surface area contributed by atoms with Crippen LogP contribution in [-0.4, -0.2) is 28.8 Å². The van der Waals surface area contributed by atoms with Crippen LogP contribution >= 0.6 is 0 Å². The number of hydrogen-bond donors (Lipinski definition) is 1. The Morgan fingerprint density at radius 3 is 2.71 bits per heavy atom. The first-order chi connectivity index (χ1) is 11.7. The van der Waals surface area contributed by atoms with Crippen LogP contribution in [0.25, 0.3) is 5.69 Å². The molecule has 3 aromatic rings. The van der Waals surface area contributed by atoms with Gasteiger partial charge in [0.05, 0.1) is 12.2 Å². The molecule has 2 aromatic carbocycles. The first-order valence-corrected chi connectivity index (χ1v) is 7.80. The van der Waals surface area contributed by atoms with Crippen molar-refractivity contribution >= 4 is 5.91 Å². The van der Waals surface area contributed by atoms with E-state index in [0.29, 0.717) is 18.7 Å². The van der Waals surface area contributed by atoms with Crippen molar-refractivity contribution < 1.29 is 9.53 Å². The van der Waals surface area contributed by atoms with Gasteiger partial charge in [-0.1, -0.05) is 12.1 Å². The van der Waals surface area contributed by atoms with Gasteiger partial charge in [0.15, 0.2) is 0 Å². The number of benzene rings is 2. The number of nitrogens with one attached hydrogen (secondary N) is 1. The number of aryl methyl sites for hydroxylation is 1. The maximum atomic E-state index is 12.1. The van der Waals surface area contributed by atoms with E-state index >= 15 is 0 Å². The highest BCUT2D eigenvalue weighted by Gasteiger charge is 2.05. The highest BCUT2D eigenvalue weighted by molar-refractivity contribution is 5.94. The van der Waals surface area contributed by atoms with Gasteiger partial charge in [0.25, 0.3) is 5.91 Å². The van der Waals surface area contributed by atoms with Crippen LogP contribution in [0.5, 0.6) is 5.75 Å². The summed E-state index contributed by atoms with van der Waals surface area (Å²) in [4.78, 5) is 12.1. The number of hydrogen-bond acceptors (Lipinski definition) is 3. The molecule has 0 unspecified atom stereocenters. The van der Waals surface area contributed by atoms with Crippen molar-refractivity contribution in [3.05, 3.63) is 78.1 Å². The lowest BCUT2D eigenvalue weighted by atomic mass is 10.2. The average molecular weight is 321 g/mol. The number of nitrogens with zero attached hydrogens (tertiary/aromatic N) is 2. The molecule has 0 bridgehead atoms. The highest BCUT2D eigenvalue weighted by atomic mass is 16.5. The molecule has 5 nitrogen and oxygen atoms in total. The fraction of sp³-hybridized carbons (Fsp3) is 0.158. The monoisotopic (exact) mass is 321 g/mol. The fourth-order valence-electron chi connectivity index (χ4n) is 2.33. The lowest BCUT2D eigenvalue weighted by Gasteiger charge is -2.09. The quantitative estimate of drug-likeness (QED) is 0.710. The zero-order chi connectivity index (χ0) is 16.8. The third kappa shape index (κ3) is 4.01. The van der Waals surface area contributed by atoms with Crippen LogP contribution in [0.4, 0.5) is 0 Å². The van der Waals surface area contributed by atoms with Crippen LogP contribution in [-0.2, 0) is 0 Å². The van der Waals surface area contributed by atoms with Crippen LogP contribution in [0, 0.1) is 6.92 Å². The van der Waals surface area contributed by atoms with Gasteiger partial charge in [-0.15, -0.1) is 0 Å². The van der Waals surface area contributed by atoms with Crippen LogP contribution in [0.3, 0.4) is 0 Å². The fourth-order valence-corrected chi connectivity index (χ4v) is 2.33. The molecule has 1 aromatic heterocycles. The van der Waals surface area contributed by atoms with E-state index in [9.17, 15) is 4.79 Å². The smallest absolute Gasteiger partial charge is 0.251 e. The van der Waals surface area contributed by atoms with Crippen molar-refractivity contribution in [2.24, 2.45) is 0 Å². The van der Waals surface area contributed by atoms with Crippen molar-refractivity contribution in [2.75, 3.05) is 13.2 Å². The number of amides is 1. The van der Waals surface area contributed by atoms with E-state index in [-0.39, 0.29) is 5.91 Å². The second-order valence-electron chi connectivity index (χ2n) is 5.42. The second kappa shape index (κ2) is 7.46. The molecule has 3 rings (SSSR count). The molecule has 0 spiro atoms. The third-order valence-corrected chi connectivity index (χ3v) is 3.54. The van der Waals surface area contributed by atoms with Gasteiger partial charge in [-0.3, -0.25) is 4.79 Å². The number of aromatic nitrogens is 2. The minimum atomic E-state index is -0.116. The molecule has 0 atom stereocenters. The van der Waals surface area contributed by atoms with Gasteiger partial charge in [0.1, 0.15) is 12.4 Å². The first kappa shape index (κ1) is 15.8. The maximum Gasteiger partial charge on any atom is 0.251 e. The zero-order valence-electron chi connectivity index (χ0n) is 13.5. The number of carbonyl (C=O) groups excluding carboxylic acids is 1. The normalized spacial score (nSPS) is 10.4. The standard InChI is InChI=1S/C19H19N3O2/c1-15-4-2-5-18(14-15)24-13-11-20-19(23)16-6-8-17(9-7-16)22-12-3-10-21-22/h2-10,12,14H,11,13H2,1H3,(H,20,23). The highest BCUT2D eigenvalue weighted by Crippen LogP contribution is 2.12. The summed E-state index contributed by atoms with van der Waals surface area (Å²) in [5.41, 5.74) is 2.68. The lowest BCUT2D eigenvalue weighted by Crippen LogP contribution is -2.28. The summed E-state index contributed by atoms with van der Waals surface area (Å²) >= 11 is 0. The molecular formula is C19H19N3O2. The Morgan fingerprint density at radius 1 is 1.17 bits per heavy atom. The summed E-state index contributed by atoms with van der Waals surface area (Å²) in [5, 5.41) is 7.01. The van der Waals surface area contributed by atoms with Crippen molar-refractivity contribution in [1.82, 2.24) is 15.1 Å². The Hall–Kier alpha value is -3.08. The largest absolute Gasteiger partial charge is 0.492 e. The average Bonchev–Trinajstić information content (AvgIpc) is 3.13. The number of ether oxygens (including phenoxy) is 1. The molecule has 5 heteroatoms. The van der Waals surface area contributed by atoms with Gasteiger partial charge in [0, 0.05) is 18.0 Å². The van der Waals surface area contributed by atoms with Crippen molar-refractivity contribution in [1.29, 1.82) is 0 Å². The minimum absolute atomic E-state index is 0.116. The van der Waals surface area contributed by atoms with E-state index in [0.717, 1.165) is 17.0 Å². The van der Waals surface area contributed by atoms with Gasteiger partial charge in [-0.05, 0) is 55.0 Å². The van der Waals surface area contributed by atoms with E-state index in [1.807, 2.05) is 55.6 Å². The van der Waals surface area contributed by atoms with Crippen LogP contribution < -0.4 is 10.1 Å². The molecule has 1 heterocycles. The Kier molecular flexibility index (Phi) is 4.91. The van der Waals surface area contributed by atoms with E-state index in [2.05, 4.69) is 10.4 Å². The maximum absolute atomic E-state index is 12.1. The van der Waals surface area contributed by atoms with Gasteiger partial charge >= 0.3 is 0 Å². The molecule has 24 heavy (non-hydrogen) atoms. The summed E-state index contributed by atoms with van der Waals surface area (Å²) in [6, 6.07) is 17.0. The zero-order valence-corrected chi connectivity index (χ0v) is 13.5. The predicted octanol–water partition coefficient (Wildman–Crippen LogP) is 2.99. The summed E-state index contributed by atoms with van der Waals surface area (Å²) in [6.07, 6.45) is 3.58. The Morgan fingerprint density at radius 2 is 2.00 bits per heavy atom.